The fraction of sp³-hybridized carbons (Fsp3) is 0.438. The molecular weight excluding hydrogens is 285 g/mol. The van der Waals surface area contributed by atoms with Crippen molar-refractivity contribution in [2.75, 3.05) is 13.2 Å². The summed E-state index contributed by atoms with van der Waals surface area (Å²) in [7, 11) is 0. The fourth-order valence-corrected chi connectivity index (χ4v) is 3.16. The molecule has 0 spiro atoms. The monoisotopic (exact) mass is 301 g/mol. The molecule has 6 heteroatoms. The molecule has 1 saturated heterocycles. The Morgan fingerprint density at radius 2 is 2.14 bits per heavy atom. The number of halogens is 1. The number of rotatable bonds is 3. The lowest BCUT2D eigenvalue weighted by atomic mass is 10.0. The first-order chi connectivity index (χ1) is 10.7. The predicted molar refractivity (Wildman–Crippen MR) is 76.3 cm³/mol. The zero-order chi connectivity index (χ0) is 15.1. The Morgan fingerprint density at radius 3 is 2.86 bits per heavy atom. The van der Waals surface area contributed by atoms with Crippen molar-refractivity contribution >= 4 is 5.78 Å². The summed E-state index contributed by atoms with van der Waals surface area (Å²) >= 11 is 0. The molecule has 0 aliphatic carbocycles. The molecule has 2 aliphatic heterocycles. The van der Waals surface area contributed by atoms with E-state index in [0.717, 1.165) is 5.56 Å². The van der Waals surface area contributed by atoms with Gasteiger partial charge in [-0.15, -0.1) is 5.10 Å². The van der Waals surface area contributed by atoms with E-state index in [1.54, 1.807) is 4.68 Å². The standard InChI is InChI=1S/C16H16FN3O2/c17-12-8-13(10-4-2-1-3-5-10)20-16(12)18-15(19-20)14(21)11-6-7-22-9-11/h1-5,11-13H,6-9H2/t11-,12-,13-/m0/s1. The van der Waals surface area contributed by atoms with Crippen molar-refractivity contribution in [1.29, 1.82) is 0 Å². The maximum atomic E-state index is 14.2. The molecule has 0 saturated carbocycles. The number of benzene rings is 1. The molecule has 4 rings (SSSR count). The second kappa shape index (κ2) is 5.28. The maximum absolute atomic E-state index is 14.2. The Labute approximate surface area is 127 Å². The van der Waals surface area contributed by atoms with E-state index in [4.69, 9.17) is 4.74 Å². The van der Waals surface area contributed by atoms with Gasteiger partial charge in [-0.05, 0) is 12.0 Å². The first-order valence-corrected chi connectivity index (χ1v) is 7.51. The van der Waals surface area contributed by atoms with Crippen molar-refractivity contribution in [2.24, 2.45) is 5.92 Å². The van der Waals surface area contributed by atoms with Crippen LogP contribution in [0.25, 0.3) is 0 Å². The van der Waals surface area contributed by atoms with Crippen molar-refractivity contribution in [3.63, 3.8) is 0 Å². The molecule has 1 fully saturated rings. The Hall–Kier alpha value is -2.08. The molecule has 1 aromatic carbocycles. The molecule has 114 valence electrons. The van der Waals surface area contributed by atoms with Crippen molar-refractivity contribution < 1.29 is 13.9 Å². The van der Waals surface area contributed by atoms with Crippen LogP contribution in [-0.2, 0) is 4.74 Å². The van der Waals surface area contributed by atoms with Crippen LogP contribution in [-0.4, -0.2) is 33.8 Å². The number of nitrogens with zero attached hydrogens (tertiary/aromatic N) is 3. The number of aromatic nitrogens is 3. The van der Waals surface area contributed by atoms with Crippen molar-refractivity contribution in [2.45, 2.75) is 25.1 Å². The van der Waals surface area contributed by atoms with E-state index >= 15 is 0 Å². The molecule has 0 N–H and O–H groups in total. The van der Waals surface area contributed by atoms with Crippen LogP contribution in [0.4, 0.5) is 4.39 Å². The van der Waals surface area contributed by atoms with Gasteiger partial charge >= 0.3 is 0 Å². The molecular formula is C16H16FN3O2. The number of alkyl halides is 1. The predicted octanol–water partition coefficient (Wildman–Crippen LogP) is 2.50. The van der Waals surface area contributed by atoms with Crippen LogP contribution in [0.2, 0.25) is 0 Å². The molecule has 3 heterocycles. The van der Waals surface area contributed by atoms with Gasteiger partial charge in [0.05, 0.1) is 18.6 Å². The van der Waals surface area contributed by atoms with Crippen LogP contribution in [0, 0.1) is 5.92 Å². The second-order valence-corrected chi connectivity index (χ2v) is 5.79. The number of ether oxygens (including phenoxy) is 1. The van der Waals surface area contributed by atoms with E-state index in [9.17, 15) is 9.18 Å². The summed E-state index contributed by atoms with van der Waals surface area (Å²) in [5.41, 5.74) is 0.983. The lowest BCUT2D eigenvalue weighted by Crippen LogP contribution is -2.17. The molecule has 0 amide bonds. The van der Waals surface area contributed by atoms with Gasteiger partial charge in [0.1, 0.15) is 0 Å². The molecule has 3 atom stereocenters. The normalized spacial score (nSPS) is 27.0. The molecule has 2 aromatic rings. The van der Waals surface area contributed by atoms with E-state index < -0.39 is 6.17 Å². The van der Waals surface area contributed by atoms with Crippen LogP contribution in [0.15, 0.2) is 30.3 Å². The minimum atomic E-state index is -1.18. The summed E-state index contributed by atoms with van der Waals surface area (Å²) in [5, 5.41) is 4.30. The number of Topliss-reactive ketones (excluding diaryl/α,β-unsaturated/α-hetero) is 1. The minimum Gasteiger partial charge on any atom is -0.381 e. The number of fused-ring (bicyclic) bond motifs is 1. The maximum Gasteiger partial charge on any atom is 0.218 e. The third-order valence-corrected chi connectivity index (χ3v) is 4.37. The molecule has 1 aromatic heterocycles. The van der Waals surface area contributed by atoms with Gasteiger partial charge in [-0.2, -0.15) is 0 Å². The third-order valence-electron chi connectivity index (χ3n) is 4.37. The SMILES string of the molecule is O=C(c1nc2n(n1)[C@H](c1ccccc1)C[C@@H]2F)[C@H]1CCOC1. The molecule has 0 radical (unpaired) electrons. The Balaban J connectivity index is 1.67. The fourth-order valence-electron chi connectivity index (χ4n) is 3.16. The molecule has 0 bridgehead atoms. The zero-order valence-electron chi connectivity index (χ0n) is 12.0. The van der Waals surface area contributed by atoms with E-state index in [0.29, 0.717) is 26.1 Å². The highest BCUT2D eigenvalue weighted by molar-refractivity contribution is 5.94. The number of carbonyl (C=O) groups is 1. The highest BCUT2D eigenvalue weighted by Crippen LogP contribution is 2.39. The second-order valence-electron chi connectivity index (χ2n) is 5.79. The van der Waals surface area contributed by atoms with Crippen LogP contribution < -0.4 is 0 Å². The first-order valence-electron chi connectivity index (χ1n) is 7.51. The van der Waals surface area contributed by atoms with Gasteiger partial charge in [0.25, 0.3) is 0 Å². The van der Waals surface area contributed by atoms with Gasteiger partial charge in [-0.25, -0.2) is 14.1 Å². The Bertz CT molecular complexity index is 695. The van der Waals surface area contributed by atoms with E-state index in [1.807, 2.05) is 30.3 Å². The molecule has 0 unspecified atom stereocenters. The lowest BCUT2D eigenvalue weighted by Gasteiger charge is -2.11. The number of hydrogen-bond acceptors (Lipinski definition) is 4. The largest absolute Gasteiger partial charge is 0.381 e. The van der Waals surface area contributed by atoms with Crippen LogP contribution in [0.3, 0.4) is 0 Å². The van der Waals surface area contributed by atoms with E-state index in [2.05, 4.69) is 10.1 Å². The van der Waals surface area contributed by atoms with Gasteiger partial charge in [0, 0.05) is 13.0 Å². The number of ketones is 1. The van der Waals surface area contributed by atoms with Gasteiger partial charge in [-0.1, -0.05) is 30.3 Å². The average Bonchev–Trinajstić information content (AvgIpc) is 3.25. The van der Waals surface area contributed by atoms with Crippen LogP contribution in [0.5, 0.6) is 0 Å². The van der Waals surface area contributed by atoms with E-state index in [-0.39, 0.29) is 29.4 Å². The Morgan fingerprint density at radius 1 is 1.32 bits per heavy atom. The highest BCUT2D eigenvalue weighted by atomic mass is 19.1. The van der Waals surface area contributed by atoms with Gasteiger partial charge in [0.2, 0.25) is 11.6 Å². The van der Waals surface area contributed by atoms with Gasteiger partial charge < -0.3 is 4.74 Å². The highest BCUT2D eigenvalue weighted by Gasteiger charge is 2.37. The van der Waals surface area contributed by atoms with Gasteiger partial charge in [0.15, 0.2) is 12.0 Å². The number of carbonyl (C=O) groups excluding carboxylic acids is 1. The summed E-state index contributed by atoms with van der Waals surface area (Å²) in [6.45, 7) is 0.992. The molecule has 5 nitrogen and oxygen atoms in total. The average molecular weight is 301 g/mol. The summed E-state index contributed by atoms with van der Waals surface area (Å²) in [6, 6.07) is 9.45. The van der Waals surface area contributed by atoms with E-state index in [1.165, 1.54) is 0 Å². The first kappa shape index (κ1) is 13.6. The molecule has 22 heavy (non-hydrogen) atoms. The quantitative estimate of drug-likeness (QED) is 0.817. The summed E-state index contributed by atoms with van der Waals surface area (Å²) < 4.78 is 21.1. The third kappa shape index (κ3) is 2.14. The summed E-state index contributed by atoms with van der Waals surface area (Å²) in [6.07, 6.45) is -0.177. The van der Waals surface area contributed by atoms with Crippen molar-refractivity contribution in [1.82, 2.24) is 14.8 Å². The molecule has 2 aliphatic rings. The summed E-state index contributed by atoms with van der Waals surface area (Å²) in [4.78, 5) is 16.5. The van der Waals surface area contributed by atoms with Crippen molar-refractivity contribution in [3.05, 3.63) is 47.5 Å². The Kier molecular flexibility index (Phi) is 3.26. The number of hydrogen-bond donors (Lipinski definition) is 0. The smallest absolute Gasteiger partial charge is 0.218 e. The van der Waals surface area contributed by atoms with Crippen LogP contribution in [0.1, 0.15) is 47.1 Å². The van der Waals surface area contributed by atoms with Crippen LogP contribution >= 0.6 is 0 Å². The summed E-state index contributed by atoms with van der Waals surface area (Å²) in [5.74, 6) is 0.0414. The minimum absolute atomic E-state index is 0.119. The topological polar surface area (TPSA) is 57.0 Å². The lowest BCUT2D eigenvalue weighted by molar-refractivity contribution is 0.0889. The van der Waals surface area contributed by atoms with Crippen molar-refractivity contribution in [3.8, 4) is 0 Å². The zero-order valence-corrected chi connectivity index (χ0v) is 12.0. The van der Waals surface area contributed by atoms with Gasteiger partial charge in [-0.3, -0.25) is 4.79 Å².